The minimum absolute atomic E-state index is 0.0978. The third-order valence-corrected chi connectivity index (χ3v) is 5.57. The summed E-state index contributed by atoms with van der Waals surface area (Å²) < 4.78 is 2.14. The molecule has 29 heavy (non-hydrogen) atoms. The first-order chi connectivity index (χ1) is 13.9. The standard InChI is InChI=1S/C26H26N2O/c1-17(2)21-7-5-20(6-8-21)16-23-10-12-25(28-14-13-27-26(23)28)22-9-11-24(19(4)29)18(3)15-22/h5-15,17H,16H2,1-4H3. The fourth-order valence-electron chi connectivity index (χ4n) is 3.90. The van der Waals surface area contributed by atoms with Gasteiger partial charge in [-0.2, -0.15) is 0 Å². The van der Waals surface area contributed by atoms with Gasteiger partial charge >= 0.3 is 0 Å². The lowest BCUT2D eigenvalue weighted by Gasteiger charge is -2.12. The first-order valence-electron chi connectivity index (χ1n) is 10.1. The average Bonchev–Trinajstić information content (AvgIpc) is 3.18. The van der Waals surface area contributed by atoms with Crippen LogP contribution < -0.4 is 0 Å². The Bertz CT molecular complexity index is 1180. The van der Waals surface area contributed by atoms with E-state index in [9.17, 15) is 4.79 Å². The lowest BCUT2D eigenvalue weighted by atomic mass is 9.98. The number of fused-ring (bicyclic) bond motifs is 1. The second-order valence-corrected chi connectivity index (χ2v) is 8.02. The number of rotatable bonds is 5. The Kier molecular flexibility index (Phi) is 5.06. The minimum atomic E-state index is 0.0978. The van der Waals surface area contributed by atoms with Crippen molar-refractivity contribution in [2.75, 3.05) is 0 Å². The number of Topliss-reactive ketones (excluding diaryl/α,β-unsaturated/α-hetero) is 1. The van der Waals surface area contributed by atoms with Crippen LogP contribution in [0.2, 0.25) is 0 Å². The van der Waals surface area contributed by atoms with Crippen molar-refractivity contribution >= 4 is 11.4 Å². The molecule has 0 spiro atoms. The van der Waals surface area contributed by atoms with Crippen molar-refractivity contribution in [2.24, 2.45) is 0 Å². The van der Waals surface area contributed by atoms with Gasteiger partial charge < -0.3 is 0 Å². The summed E-state index contributed by atoms with van der Waals surface area (Å²) >= 11 is 0. The number of pyridine rings is 1. The SMILES string of the molecule is CC(=O)c1ccc(-c2ccc(Cc3ccc(C(C)C)cc3)c3nccn23)cc1C. The molecule has 0 saturated carbocycles. The summed E-state index contributed by atoms with van der Waals surface area (Å²) in [5.74, 6) is 0.640. The number of nitrogens with zero attached hydrogens (tertiary/aromatic N) is 2. The van der Waals surface area contributed by atoms with Crippen molar-refractivity contribution in [1.82, 2.24) is 9.38 Å². The summed E-state index contributed by atoms with van der Waals surface area (Å²) in [6.45, 7) is 8.03. The van der Waals surface area contributed by atoms with E-state index in [2.05, 4.69) is 65.7 Å². The van der Waals surface area contributed by atoms with Crippen LogP contribution >= 0.6 is 0 Å². The molecule has 0 aliphatic heterocycles. The van der Waals surface area contributed by atoms with E-state index in [4.69, 9.17) is 0 Å². The highest BCUT2D eigenvalue weighted by atomic mass is 16.1. The summed E-state index contributed by atoms with van der Waals surface area (Å²) in [5, 5.41) is 0. The number of benzene rings is 2. The molecule has 4 rings (SSSR count). The number of aromatic nitrogens is 2. The van der Waals surface area contributed by atoms with E-state index in [1.807, 2.05) is 31.5 Å². The fourth-order valence-corrected chi connectivity index (χ4v) is 3.90. The molecule has 146 valence electrons. The summed E-state index contributed by atoms with van der Waals surface area (Å²) in [6.07, 6.45) is 4.70. The molecular weight excluding hydrogens is 356 g/mol. The first kappa shape index (κ1) is 19.1. The van der Waals surface area contributed by atoms with Gasteiger partial charge in [-0.15, -0.1) is 0 Å². The van der Waals surface area contributed by atoms with Gasteiger partial charge in [0.05, 0.1) is 5.69 Å². The van der Waals surface area contributed by atoms with Crippen molar-refractivity contribution in [3.8, 4) is 11.3 Å². The van der Waals surface area contributed by atoms with Crippen molar-refractivity contribution in [3.63, 3.8) is 0 Å². The normalized spacial score (nSPS) is 11.3. The maximum absolute atomic E-state index is 11.7. The molecule has 0 fully saturated rings. The van der Waals surface area contributed by atoms with Crippen LogP contribution in [-0.4, -0.2) is 15.2 Å². The van der Waals surface area contributed by atoms with Gasteiger partial charge in [-0.3, -0.25) is 9.20 Å². The highest BCUT2D eigenvalue weighted by molar-refractivity contribution is 5.96. The number of imidazole rings is 1. The zero-order chi connectivity index (χ0) is 20.5. The quantitative estimate of drug-likeness (QED) is 0.384. The molecule has 0 saturated heterocycles. The predicted octanol–water partition coefficient (Wildman–Crippen LogP) is 6.23. The smallest absolute Gasteiger partial charge is 0.160 e. The molecule has 0 N–H and O–H groups in total. The lowest BCUT2D eigenvalue weighted by molar-refractivity contribution is 0.101. The molecule has 0 aliphatic rings. The second kappa shape index (κ2) is 7.67. The van der Waals surface area contributed by atoms with Gasteiger partial charge in [-0.1, -0.05) is 56.3 Å². The zero-order valence-corrected chi connectivity index (χ0v) is 17.4. The van der Waals surface area contributed by atoms with E-state index in [0.29, 0.717) is 5.92 Å². The molecule has 4 aromatic rings. The molecule has 0 radical (unpaired) electrons. The largest absolute Gasteiger partial charge is 0.299 e. The Labute approximate surface area is 172 Å². The minimum Gasteiger partial charge on any atom is -0.299 e. The number of ketones is 1. The molecule has 2 aromatic heterocycles. The van der Waals surface area contributed by atoms with Gasteiger partial charge in [-0.25, -0.2) is 4.98 Å². The monoisotopic (exact) mass is 382 g/mol. The highest BCUT2D eigenvalue weighted by Crippen LogP contribution is 2.26. The van der Waals surface area contributed by atoms with E-state index < -0.39 is 0 Å². The van der Waals surface area contributed by atoms with Crippen LogP contribution in [0.25, 0.3) is 16.9 Å². The summed E-state index contributed by atoms with van der Waals surface area (Å²) in [7, 11) is 0. The van der Waals surface area contributed by atoms with Crippen LogP contribution in [0.15, 0.2) is 67.0 Å². The van der Waals surface area contributed by atoms with Crippen LogP contribution in [0, 0.1) is 6.92 Å². The van der Waals surface area contributed by atoms with Gasteiger partial charge in [0.1, 0.15) is 5.65 Å². The third kappa shape index (κ3) is 3.73. The van der Waals surface area contributed by atoms with E-state index in [0.717, 1.165) is 34.5 Å². The number of aryl methyl sites for hydroxylation is 1. The molecule has 3 nitrogen and oxygen atoms in total. The summed E-state index contributed by atoms with van der Waals surface area (Å²) in [5.41, 5.74) is 8.76. The number of carbonyl (C=O) groups excluding carboxylic acids is 1. The lowest BCUT2D eigenvalue weighted by Crippen LogP contribution is -2.00. The van der Waals surface area contributed by atoms with Crippen LogP contribution in [0.5, 0.6) is 0 Å². The third-order valence-electron chi connectivity index (χ3n) is 5.57. The highest BCUT2D eigenvalue weighted by Gasteiger charge is 2.12. The Hall–Kier alpha value is -3.20. The van der Waals surface area contributed by atoms with Crippen molar-refractivity contribution in [2.45, 2.75) is 40.0 Å². The van der Waals surface area contributed by atoms with E-state index in [1.54, 1.807) is 6.92 Å². The number of hydrogen-bond acceptors (Lipinski definition) is 2. The Morgan fingerprint density at radius 2 is 1.79 bits per heavy atom. The maximum Gasteiger partial charge on any atom is 0.160 e. The van der Waals surface area contributed by atoms with Gasteiger partial charge in [-0.05, 0) is 59.7 Å². The topological polar surface area (TPSA) is 34.4 Å². The first-order valence-corrected chi connectivity index (χ1v) is 10.1. The molecule has 3 heteroatoms. The number of carbonyl (C=O) groups is 1. The molecular formula is C26H26N2O. The summed E-state index contributed by atoms with van der Waals surface area (Å²) in [4.78, 5) is 16.4. The predicted molar refractivity (Wildman–Crippen MR) is 119 cm³/mol. The van der Waals surface area contributed by atoms with Crippen LogP contribution in [-0.2, 0) is 6.42 Å². The van der Waals surface area contributed by atoms with E-state index in [1.165, 1.54) is 16.7 Å². The van der Waals surface area contributed by atoms with Gasteiger partial charge in [0.15, 0.2) is 5.78 Å². The Balaban J connectivity index is 1.71. The molecule has 0 unspecified atom stereocenters. The van der Waals surface area contributed by atoms with Crippen molar-refractivity contribution in [3.05, 3.63) is 94.8 Å². The Morgan fingerprint density at radius 1 is 1.03 bits per heavy atom. The van der Waals surface area contributed by atoms with Gasteiger partial charge in [0.25, 0.3) is 0 Å². The van der Waals surface area contributed by atoms with Gasteiger partial charge in [0.2, 0.25) is 0 Å². The molecule has 2 aromatic carbocycles. The van der Waals surface area contributed by atoms with Crippen LogP contribution in [0.1, 0.15) is 59.3 Å². The second-order valence-electron chi connectivity index (χ2n) is 8.02. The molecule has 0 atom stereocenters. The van der Waals surface area contributed by atoms with Gasteiger partial charge in [0, 0.05) is 24.4 Å². The van der Waals surface area contributed by atoms with Crippen LogP contribution in [0.4, 0.5) is 0 Å². The van der Waals surface area contributed by atoms with E-state index >= 15 is 0 Å². The average molecular weight is 383 g/mol. The van der Waals surface area contributed by atoms with Crippen molar-refractivity contribution < 1.29 is 4.79 Å². The zero-order valence-electron chi connectivity index (χ0n) is 17.4. The maximum atomic E-state index is 11.7. The number of hydrogen-bond donors (Lipinski definition) is 0. The molecule has 0 aliphatic carbocycles. The summed E-state index contributed by atoms with van der Waals surface area (Å²) in [6, 6.07) is 19.2. The fraction of sp³-hybridized carbons (Fsp3) is 0.231. The molecule has 2 heterocycles. The van der Waals surface area contributed by atoms with Crippen LogP contribution in [0.3, 0.4) is 0 Å². The Morgan fingerprint density at radius 3 is 2.45 bits per heavy atom. The molecule has 0 amide bonds. The van der Waals surface area contributed by atoms with Crippen molar-refractivity contribution in [1.29, 1.82) is 0 Å². The van der Waals surface area contributed by atoms with E-state index in [-0.39, 0.29) is 5.78 Å². The molecule has 0 bridgehead atoms.